The largest absolute Gasteiger partial charge is 0.454 e. The molecule has 0 saturated heterocycles. The second-order valence-corrected chi connectivity index (χ2v) is 3.46. The standard InChI is InChI=1S/C10H10O3/c11-8-2-1-6-3-9-10(4-7(6)8)13-5-12-9/h3-4,8,11H,1-2,5H2. The molecule has 1 aromatic carbocycles. The van der Waals surface area contributed by atoms with E-state index in [0.717, 1.165) is 29.9 Å². The summed E-state index contributed by atoms with van der Waals surface area (Å²) in [6.07, 6.45) is 1.44. The van der Waals surface area contributed by atoms with Gasteiger partial charge in [-0.05, 0) is 36.1 Å². The van der Waals surface area contributed by atoms with Gasteiger partial charge in [-0.2, -0.15) is 0 Å². The Morgan fingerprint density at radius 3 is 2.85 bits per heavy atom. The third kappa shape index (κ3) is 0.937. The molecule has 13 heavy (non-hydrogen) atoms. The third-order valence-corrected chi connectivity index (χ3v) is 2.68. The van der Waals surface area contributed by atoms with Crippen LogP contribution < -0.4 is 9.47 Å². The van der Waals surface area contributed by atoms with Crippen LogP contribution >= 0.6 is 0 Å². The molecule has 0 fully saturated rings. The van der Waals surface area contributed by atoms with Crippen molar-refractivity contribution in [3.05, 3.63) is 23.3 Å². The van der Waals surface area contributed by atoms with E-state index in [1.807, 2.05) is 12.1 Å². The number of hydrogen-bond acceptors (Lipinski definition) is 3. The van der Waals surface area contributed by atoms with Crippen molar-refractivity contribution in [2.24, 2.45) is 0 Å². The van der Waals surface area contributed by atoms with Crippen LogP contribution in [0.5, 0.6) is 11.5 Å². The summed E-state index contributed by atoms with van der Waals surface area (Å²) in [5, 5.41) is 9.62. The number of aliphatic hydroxyl groups is 1. The Balaban J connectivity index is 2.16. The Morgan fingerprint density at radius 1 is 1.23 bits per heavy atom. The molecular formula is C10H10O3. The zero-order valence-corrected chi connectivity index (χ0v) is 7.12. The second kappa shape index (κ2) is 2.39. The highest BCUT2D eigenvalue weighted by molar-refractivity contribution is 5.50. The number of aryl methyl sites for hydroxylation is 1. The van der Waals surface area contributed by atoms with Gasteiger partial charge in [0, 0.05) is 0 Å². The van der Waals surface area contributed by atoms with Gasteiger partial charge >= 0.3 is 0 Å². The maximum absolute atomic E-state index is 9.62. The van der Waals surface area contributed by atoms with Gasteiger partial charge in [0.2, 0.25) is 6.79 Å². The molecule has 1 unspecified atom stereocenters. The second-order valence-electron chi connectivity index (χ2n) is 3.46. The van der Waals surface area contributed by atoms with Crippen molar-refractivity contribution in [2.45, 2.75) is 18.9 Å². The van der Waals surface area contributed by atoms with Crippen LogP contribution in [-0.4, -0.2) is 11.9 Å². The Hall–Kier alpha value is -1.22. The Morgan fingerprint density at radius 2 is 2.00 bits per heavy atom. The van der Waals surface area contributed by atoms with Gasteiger partial charge in [-0.25, -0.2) is 0 Å². The predicted molar refractivity (Wildman–Crippen MR) is 45.8 cm³/mol. The number of aliphatic hydroxyl groups excluding tert-OH is 1. The van der Waals surface area contributed by atoms with Gasteiger partial charge in [0.25, 0.3) is 0 Å². The molecule has 0 radical (unpaired) electrons. The maximum Gasteiger partial charge on any atom is 0.231 e. The predicted octanol–water partition coefficient (Wildman–Crippen LogP) is 1.39. The highest BCUT2D eigenvalue weighted by Crippen LogP contribution is 2.41. The van der Waals surface area contributed by atoms with Crippen molar-refractivity contribution in [3.63, 3.8) is 0 Å². The lowest BCUT2D eigenvalue weighted by molar-refractivity contribution is 0.171. The number of ether oxygens (including phenoxy) is 2. The molecule has 0 saturated carbocycles. The summed E-state index contributed by atoms with van der Waals surface area (Å²) in [5.41, 5.74) is 2.20. The molecule has 1 aliphatic carbocycles. The topological polar surface area (TPSA) is 38.7 Å². The molecule has 0 spiro atoms. The Bertz CT molecular complexity index is 359. The fourth-order valence-electron chi connectivity index (χ4n) is 1.97. The number of fused-ring (bicyclic) bond motifs is 2. The molecule has 3 heteroatoms. The molecule has 0 bridgehead atoms. The summed E-state index contributed by atoms with van der Waals surface area (Å²) in [5.74, 6) is 1.58. The molecule has 1 N–H and O–H groups in total. The van der Waals surface area contributed by atoms with Gasteiger partial charge < -0.3 is 14.6 Å². The van der Waals surface area contributed by atoms with Gasteiger partial charge in [-0.15, -0.1) is 0 Å². The van der Waals surface area contributed by atoms with E-state index in [4.69, 9.17) is 9.47 Å². The number of benzene rings is 1. The fraction of sp³-hybridized carbons (Fsp3) is 0.400. The Labute approximate surface area is 75.9 Å². The van der Waals surface area contributed by atoms with Crippen LogP contribution in [0.25, 0.3) is 0 Å². The highest BCUT2D eigenvalue weighted by atomic mass is 16.7. The molecule has 3 nitrogen and oxygen atoms in total. The minimum absolute atomic E-state index is 0.300. The van der Waals surface area contributed by atoms with Crippen molar-refractivity contribution in [1.82, 2.24) is 0 Å². The van der Waals surface area contributed by atoms with Crippen LogP contribution in [0, 0.1) is 0 Å². The lowest BCUT2D eigenvalue weighted by atomic mass is 10.1. The smallest absolute Gasteiger partial charge is 0.231 e. The van der Waals surface area contributed by atoms with E-state index in [9.17, 15) is 5.11 Å². The van der Waals surface area contributed by atoms with Crippen LogP contribution in [0.4, 0.5) is 0 Å². The van der Waals surface area contributed by atoms with Crippen LogP contribution in [-0.2, 0) is 6.42 Å². The molecule has 68 valence electrons. The van der Waals surface area contributed by atoms with Gasteiger partial charge in [0.15, 0.2) is 11.5 Å². The van der Waals surface area contributed by atoms with E-state index < -0.39 is 0 Å². The average Bonchev–Trinajstić information content (AvgIpc) is 2.70. The zero-order chi connectivity index (χ0) is 8.84. The van der Waals surface area contributed by atoms with Crippen molar-refractivity contribution in [3.8, 4) is 11.5 Å². The van der Waals surface area contributed by atoms with Crippen molar-refractivity contribution in [2.75, 3.05) is 6.79 Å². The van der Waals surface area contributed by atoms with Gasteiger partial charge in [-0.1, -0.05) is 0 Å². The first kappa shape index (κ1) is 7.21. The van der Waals surface area contributed by atoms with E-state index in [-0.39, 0.29) is 6.10 Å². The minimum Gasteiger partial charge on any atom is -0.454 e. The summed E-state index contributed by atoms with van der Waals surface area (Å²) < 4.78 is 10.5. The van der Waals surface area contributed by atoms with E-state index in [1.165, 1.54) is 5.56 Å². The SMILES string of the molecule is OC1CCc2cc3c(cc21)OCO3. The van der Waals surface area contributed by atoms with Crippen LogP contribution in [0.15, 0.2) is 12.1 Å². The van der Waals surface area contributed by atoms with Crippen LogP contribution in [0.2, 0.25) is 0 Å². The number of rotatable bonds is 0. The molecule has 0 aromatic heterocycles. The summed E-state index contributed by atoms with van der Waals surface area (Å²) in [6.45, 7) is 0.300. The van der Waals surface area contributed by atoms with Gasteiger partial charge in [-0.3, -0.25) is 0 Å². The van der Waals surface area contributed by atoms with Crippen LogP contribution in [0.1, 0.15) is 23.7 Å². The minimum atomic E-state index is -0.315. The summed E-state index contributed by atoms with van der Waals surface area (Å²) in [6, 6.07) is 3.88. The maximum atomic E-state index is 9.62. The van der Waals surface area contributed by atoms with Gasteiger partial charge in [0.1, 0.15) is 0 Å². The van der Waals surface area contributed by atoms with E-state index in [2.05, 4.69) is 0 Å². The fourth-order valence-corrected chi connectivity index (χ4v) is 1.97. The van der Waals surface area contributed by atoms with Crippen molar-refractivity contribution in [1.29, 1.82) is 0 Å². The molecule has 1 aliphatic heterocycles. The normalized spacial score (nSPS) is 23.3. The molecule has 1 aromatic rings. The van der Waals surface area contributed by atoms with Gasteiger partial charge in [0.05, 0.1) is 6.10 Å². The van der Waals surface area contributed by atoms with E-state index in [0.29, 0.717) is 6.79 Å². The van der Waals surface area contributed by atoms with Crippen molar-refractivity contribution >= 4 is 0 Å². The monoisotopic (exact) mass is 178 g/mol. The molecule has 0 amide bonds. The lowest BCUT2D eigenvalue weighted by Crippen LogP contribution is -1.93. The molecular weight excluding hydrogens is 168 g/mol. The first-order chi connectivity index (χ1) is 6.34. The summed E-state index contributed by atoms with van der Waals surface area (Å²) in [7, 11) is 0. The lowest BCUT2D eigenvalue weighted by Gasteiger charge is -2.04. The number of hydrogen-bond donors (Lipinski definition) is 1. The first-order valence-corrected chi connectivity index (χ1v) is 4.45. The first-order valence-electron chi connectivity index (χ1n) is 4.45. The zero-order valence-electron chi connectivity index (χ0n) is 7.12. The van der Waals surface area contributed by atoms with Crippen molar-refractivity contribution < 1.29 is 14.6 Å². The molecule has 3 rings (SSSR count). The quantitative estimate of drug-likeness (QED) is 0.652. The van der Waals surface area contributed by atoms with E-state index >= 15 is 0 Å². The third-order valence-electron chi connectivity index (χ3n) is 2.68. The molecule has 1 heterocycles. The summed E-state index contributed by atoms with van der Waals surface area (Å²) >= 11 is 0. The van der Waals surface area contributed by atoms with Crippen LogP contribution in [0.3, 0.4) is 0 Å². The Kier molecular flexibility index (Phi) is 1.32. The van der Waals surface area contributed by atoms with E-state index in [1.54, 1.807) is 0 Å². The average molecular weight is 178 g/mol. The molecule has 2 aliphatic rings. The highest BCUT2D eigenvalue weighted by Gasteiger charge is 2.25. The molecule has 1 atom stereocenters. The summed E-state index contributed by atoms with van der Waals surface area (Å²) in [4.78, 5) is 0.